The number of carbonyl (C=O) groups is 1. The number of urea groups is 1. The van der Waals surface area contributed by atoms with Crippen molar-refractivity contribution in [3.8, 4) is 11.5 Å². The molecule has 6 nitrogen and oxygen atoms in total. The van der Waals surface area contributed by atoms with Crippen LogP contribution in [0.4, 0.5) is 29.3 Å². The number of alkyl halides is 3. The van der Waals surface area contributed by atoms with E-state index < -0.39 is 17.8 Å². The molecular weight excluding hydrogens is 459 g/mol. The van der Waals surface area contributed by atoms with Gasteiger partial charge in [-0.1, -0.05) is 30.3 Å². The topological polar surface area (TPSA) is 62.8 Å². The van der Waals surface area contributed by atoms with Crippen LogP contribution < -0.4 is 25.0 Å². The molecule has 1 heterocycles. The number of hydrogen-bond donors (Lipinski definition) is 2. The minimum absolute atomic E-state index is 0.00162. The lowest BCUT2D eigenvalue weighted by atomic mass is 10.1. The largest absolute Gasteiger partial charge is 0.497 e. The number of hydrogen-bond acceptors (Lipinski definition) is 4. The molecule has 0 fully saturated rings. The molecule has 0 saturated carbocycles. The zero-order valence-corrected chi connectivity index (χ0v) is 19.3. The monoisotopic (exact) mass is 485 g/mol. The summed E-state index contributed by atoms with van der Waals surface area (Å²) in [6.45, 7) is 2.68. The van der Waals surface area contributed by atoms with Crippen molar-refractivity contribution in [3.63, 3.8) is 0 Å². The zero-order valence-electron chi connectivity index (χ0n) is 19.3. The van der Waals surface area contributed by atoms with E-state index in [9.17, 15) is 18.0 Å². The average molecular weight is 486 g/mol. The van der Waals surface area contributed by atoms with Gasteiger partial charge in [-0.15, -0.1) is 0 Å². The highest BCUT2D eigenvalue weighted by atomic mass is 19.4. The van der Waals surface area contributed by atoms with Crippen molar-refractivity contribution in [2.45, 2.75) is 25.2 Å². The minimum Gasteiger partial charge on any atom is -0.497 e. The van der Waals surface area contributed by atoms with Crippen molar-refractivity contribution >= 4 is 17.4 Å². The van der Waals surface area contributed by atoms with Crippen LogP contribution in [0, 0.1) is 0 Å². The summed E-state index contributed by atoms with van der Waals surface area (Å²) in [6, 6.07) is 18.8. The molecular formula is C26H26F3N3O3. The first-order chi connectivity index (χ1) is 16.7. The van der Waals surface area contributed by atoms with E-state index in [2.05, 4.69) is 10.6 Å². The third-order valence-corrected chi connectivity index (χ3v) is 5.77. The molecule has 2 atom stereocenters. The van der Waals surface area contributed by atoms with Crippen LogP contribution in [-0.4, -0.2) is 32.3 Å². The van der Waals surface area contributed by atoms with E-state index in [0.717, 1.165) is 23.4 Å². The van der Waals surface area contributed by atoms with E-state index in [4.69, 9.17) is 9.47 Å². The molecule has 9 heteroatoms. The van der Waals surface area contributed by atoms with E-state index in [-0.39, 0.29) is 24.4 Å². The van der Waals surface area contributed by atoms with Crippen molar-refractivity contribution in [2.75, 3.05) is 30.4 Å². The molecule has 184 valence electrons. The second-order valence-corrected chi connectivity index (χ2v) is 8.23. The first-order valence-corrected chi connectivity index (χ1v) is 11.1. The maximum Gasteiger partial charge on any atom is 0.416 e. The Morgan fingerprint density at radius 1 is 1.11 bits per heavy atom. The molecule has 1 aliphatic heterocycles. The summed E-state index contributed by atoms with van der Waals surface area (Å²) in [5, 5.41) is 6.01. The lowest BCUT2D eigenvalue weighted by molar-refractivity contribution is -0.137. The Balaban J connectivity index is 1.47. The van der Waals surface area contributed by atoms with Crippen LogP contribution in [0.5, 0.6) is 11.5 Å². The summed E-state index contributed by atoms with van der Waals surface area (Å²) < 4.78 is 50.6. The second kappa shape index (κ2) is 10.3. The molecule has 0 aromatic heterocycles. The van der Waals surface area contributed by atoms with Crippen LogP contribution in [0.25, 0.3) is 0 Å². The lowest BCUT2D eigenvalue weighted by Gasteiger charge is -2.35. The van der Waals surface area contributed by atoms with Gasteiger partial charge in [-0.2, -0.15) is 13.2 Å². The highest BCUT2D eigenvalue weighted by Crippen LogP contribution is 2.34. The standard InChI is InChI=1S/C26H26F3N3O3/c1-17(18-7-5-10-21(13-18)34-2)30-15-22-16-32(23-11-3-4-12-24(23)35-22)25(33)31-20-9-6-8-19(14-20)26(27,28)29/h3-14,17,22,30H,15-16H2,1-2H3,(H,31,33). The number of rotatable bonds is 6. The van der Waals surface area contributed by atoms with Gasteiger partial charge in [-0.25, -0.2) is 4.79 Å². The van der Waals surface area contributed by atoms with Gasteiger partial charge in [-0.3, -0.25) is 4.90 Å². The number of anilines is 2. The van der Waals surface area contributed by atoms with Crippen LogP contribution in [0.15, 0.2) is 72.8 Å². The Labute approximate surface area is 201 Å². The highest BCUT2D eigenvalue weighted by Gasteiger charge is 2.32. The van der Waals surface area contributed by atoms with Gasteiger partial charge < -0.3 is 20.1 Å². The Morgan fingerprint density at radius 3 is 2.66 bits per heavy atom. The van der Waals surface area contributed by atoms with E-state index in [0.29, 0.717) is 18.0 Å². The van der Waals surface area contributed by atoms with Crippen molar-refractivity contribution in [3.05, 3.63) is 83.9 Å². The van der Waals surface area contributed by atoms with Crippen LogP contribution in [0.3, 0.4) is 0 Å². The van der Waals surface area contributed by atoms with Gasteiger partial charge in [0.05, 0.1) is 24.9 Å². The van der Waals surface area contributed by atoms with Gasteiger partial charge in [0.2, 0.25) is 0 Å². The Hall–Kier alpha value is -3.72. The molecule has 0 saturated heterocycles. The van der Waals surface area contributed by atoms with E-state index in [1.165, 1.54) is 17.0 Å². The van der Waals surface area contributed by atoms with E-state index >= 15 is 0 Å². The molecule has 0 aliphatic carbocycles. The van der Waals surface area contributed by atoms with Crippen molar-refractivity contribution < 1.29 is 27.4 Å². The SMILES string of the molecule is COc1cccc(C(C)NCC2CN(C(=O)Nc3cccc(C(F)(F)F)c3)c3ccccc3O2)c1. The molecule has 0 bridgehead atoms. The van der Waals surface area contributed by atoms with Gasteiger partial charge in [-0.05, 0) is 55.0 Å². The van der Waals surface area contributed by atoms with Crippen LogP contribution in [-0.2, 0) is 6.18 Å². The number of amides is 2. The van der Waals surface area contributed by atoms with Crippen molar-refractivity contribution in [1.82, 2.24) is 5.32 Å². The van der Waals surface area contributed by atoms with Gasteiger partial charge >= 0.3 is 12.2 Å². The van der Waals surface area contributed by atoms with Crippen LogP contribution >= 0.6 is 0 Å². The minimum atomic E-state index is -4.50. The fourth-order valence-electron chi connectivity index (χ4n) is 3.90. The first-order valence-electron chi connectivity index (χ1n) is 11.1. The number of ether oxygens (including phenoxy) is 2. The third-order valence-electron chi connectivity index (χ3n) is 5.77. The second-order valence-electron chi connectivity index (χ2n) is 8.23. The molecule has 1 aliphatic rings. The molecule has 35 heavy (non-hydrogen) atoms. The number of nitrogens with one attached hydrogen (secondary N) is 2. The molecule has 2 unspecified atom stereocenters. The molecule has 3 aromatic rings. The lowest BCUT2D eigenvalue weighted by Crippen LogP contribution is -2.49. The Kier molecular flexibility index (Phi) is 7.16. The van der Waals surface area contributed by atoms with E-state index in [1.54, 1.807) is 31.4 Å². The zero-order chi connectivity index (χ0) is 25.0. The van der Waals surface area contributed by atoms with Gasteiger partial charge in [0.25, 0.3) is 0 Å². The molecule has 3 aromatic carbocycles. The third kappa shape index (κ3) is 5.86. The summed E-state index contributed by atoms with van der Waals surface area (Å²) in [5.41, 5.74) is 0.829. The van der Waals surface area contributed by atoms with Gasteiger partial charge in [0.1, 0.15) is 17.6 Å². The number of para-hydroxylation sites is 2. The quantitative estimate of drug-likeness (QED) is 0.459. The Morgan fingerprint density at radius 2 is 1.89 bits per heavy atom. The van der Waals surface area contributed by atoms with Crippen molar-refractivity contribution in [2.24, 2.45) is 0 Å². The van der Waals surface area contributed by atoms with Gasteiger partial charge in [0.15, 0.2) is 0 Å². The number of benzene rings is 3. The molecule has 4 rings (SSSR count). The summed E-state index contributed by atoms with van der Waals surface area (Å²) >= 11 is 0. The summed E-state index contributed by atoms with van der Waals surface area (Å²) in [5.74, 6) is 1.29. The fourth-order valence-corrected chi connectivity index (χ4v) is 3.90. The predicted molar refractivity (Wildman–Crippen MR) is 128 cm³/mol. The van der Waals surface area contributed by atoms with Crippen molar-refractivity contribution in [1.29, 1.82) is 0 Å². The number of halogens is 3. The fraction of sp³-hybridized carbons (Fsp3) is 0.269. The maximum atomic E-state index is 13.1. The number of nitrogens with zero attached hydrogens (tertiary/aromatic N) is 1. The number of methoxy groups -OCH3 is 1. The maximum absolute atomic E-state index is 13.1. The highest BCUT2D eigenvalue weighted by molar-refractivity contribution is 6.03. The number of fused-ring (bicyclic) bond motifs is 1. The van der Waals surface area contributed by atoms with Gasteiger partial charge in [0, 0.05) is 18.3 Å². The van der Waals surface area contributed by atoms with Crippen LogP contribution in [0.2, 0.25) is 0 Å². The average Bonchev–Trinajstić information content (AvgIpc) is 2.86. The summed E-state index contributed by atoms with van der Waals surface area (Å²) in [7, 11) is 1.61. The molecule has 0 radical (unpaired) electrons. The van der Waals surface area contributed by atoms with E-state index in [1.807, 2.05) is 31.2 Å². The van der Waals surface area contributed by atoms with Crippen LogP contribution in [0.1, 0.15) is 24.1 Å². The predicted octanol–water partition coefficient (Wildman–Crippen LogP) is 5.86. The molecule has 2 amide bonds. The smallest absolute Gasteiger partial charge is 0.416 e. The molecule has 0 spiro atoms. The normalized spacial score (nSPS) is 16.1. The summed E-state index contributed by atoms with van der Waals surface area (Å²) in [6.07, 6.45) is -4.87. The Bertz CT molecular complexity index is 1190. The number of carbonyl (C=O) groups excluding carboxylic acids is 1. The summed E-state index contributed by atoms with van der Waals surface area (Å²) in [4.78, 5) is 14.6. The molecule has 2 N–H and O–H groups in total. The first kappa shape index (κ1) is 24.4.